The number of ether oxygens (including phenoxy) is 1. The summed E-state index contributed by atoms with van der Waals surface area (Å²) in [6.45, 7) is -0.318. The monoisotopic (exact) mass is 236 g/mol. The molecule has 2 aromatic rings. The van der Waals surface area contributed by atoms with Gasteiger partial charge in [0.05, 0.1) is 6.26 Å². The van der Waals surface area contributed by atoms with Crippen molar-refractivity contribution in [3.63, 3.8) is 0 Å². The van der Waals surface area contributed by atoms with Crippen LogP contribution in [0, 0.1) is 0 Å². The number of benzene rings is 1. The Balaban J connectivity index is 2.23. The van der Waals surface area contributed by atoms with Crippen LogP contribution in [0.3, 0.4) is 0 Å². The van der Waals surface area contributed by atoms with Crippen LogP contribution in [-0.2, 0) is 11.2 Å². The molecule has 1 aromatic carbocycles. The van der Waals surface area contributed by atoms with E-state index in [9.17, 15) is 4.79 Å². The molecule has 0 spiro atoms. The maximum Gasteiger partial charge on any atom is 0.341 e. The first kappa shape index (κ1) is 11.5. The fourth-order valence-electron chi connectivity index (χ4n) is 1.61. The Bertz CT molecular complexity index is 529. The van der Waals surface area contributed by atoms with Crippen molar-refractivity contribution in [2.24, 2.45) is 0 Å². The lowest BCUT2D eigenvalue weighted by atomic mass is 10.1. The van der Waals surface area contributed by atoms with Crippen LogP contribution in [0.1, 0.15) is 5.56 Å². The zero-order chi connectivity index (χ0) is 12.3. The van der Waals surface area contributed by atoms with Crippen LogP contribution in [-0.4, -0.2) is 29.4 Å². The predicted molar refractivity (Wildman–Crippen MR) is 60.1 cm³/mol. The van der Waals surface area contributed by atoms with E-state index < -0.39 is 5.97 Å². The third kappa shape index (κ3) is 2.57. The van der Waals surface area contributed by atoms with E-state index in [1.54, 1.807) is 24.5 Å². The second-order valence-corrected chi connectivity index (χ2v) is 3.57. The molecule has 17 heavy (non-hydrogen) atoms. The molecule has 0 radical (unpaired) electrons. The highest BCUT2D eigenvalue weighted by Crippen LogP contribution is 2.25. The lowest BCUT2D eigenvalue weighted by Gasteiger charge is -2.02. The quantitative estimate of drug-likeness (QED) is 0.820. The standard InChI is InChI=1S/C12H12O5/c13-4-3-8-6-17-11-5-9(1-2-10(8)11)16-7-12(14)15/h1-2,5-6,13H,3-4,7H2,(H,14,15). The summed E-state index contributed by atoms with van der Waals surface area (Å²) < 4.78 is 10.3. The number of hydrogen-bond acceptors (Lipinski definition) is 4. The van der Waals surface area contributed by atoms with Gasteiger partial charge in [-0.05, 0) is 18.6 Å². The van der Waals surface area contributed by atoms with Crippen molar-refractivity contribution in [2.45, 2.75) is 6.42 Å². The van der Waals surface area contributed by atoms with Gasteiger partial charge in [0.1, 0.15) is 11.3 Å². The molecule has 0 saturated carbocycles. The molecule has 2 rings (SSSR count). The number of rotatable bonds is 5. The molecule has 0 atom stereocenters. The number of fused-ring (bicyclic) bond motifs is 1. The van der Waals surface area contributed by atoms with Crippen molar-refractivity contribution >= 4 is 16.9 Å². The molecule has 90 valence electrons. The van der Waals surface area contributed by atoms with E-state index in [0.717, 1.165) is 10.9 Å². The summed E-state index contributed by atoms with van der Waals surface area (Å²) >= 11 is 0. The Morgan fingerprint density at radius 2 is 2.24 bits per heavy atom. The molecule has 0 bridgehead atoms. The van der Waals surface area contributed by atoms with Gasteiger partial charge in [0.25, 0.3) is 0 Å². The van der Waals surface area contributed by atoms with E-state index in [-0.39, 0.29) is 13.2 Å². The third-order valence-corrected chi connectivity index (χ3v) is 2.37. The Morgan fingerprint density at radius 3 is 2.94 bits per heavy atom. The van der Waals surface area contributed by atoms with E-state index in [4.69, 9.17) is 19.4 Å². The van der Waals surface area contributed by atoms with Crippen molar-refractivity contribution in [1.82, 2.24) is 0 Å². The zero-order valence-corrected chi connectivity index (χ0v) is 9.05. The molecule has 0 aliphatic rings. The summed E-state index contributed by atoms with van der Waals surface area (Å²) in [5.41, 5.74) is 1.55. The van der Waals surface area contributed by atoms with E-state index in [1.807, 2.05) is 0 Å². The first-order valence-electron chi connectivity index (χ1n) is 5.16. The molecular formula is C12H12O5. The number of furan rings is 1. The summed E-state index contributed by atoms with van der Waals surface area (Å²) in [6.07, 6.45) is 2.12. The summed E-state index contributed by atoms with van der Waals surface area (Å²) in [7, 11) is 0. The first-order chi connectivity index (χ1) is 8.20. The summed E-state index contributed by atoms with van der Waals surface area (Å²) in [4.78, 5) is 10.3. The maximum absolute atomic E-state index is 10.3. The molecule has 1 aromatic heterocycles. The van der Waals surface area contributed by atoms with E-state index >= 15 is 0 Å². The second-order valence-electron chi connectivity index (χ2n) is 3.57. The van der Waals surface area contributed by atoms with Crippen molar-refractivity contribution in [3.8, 4) is 5.75 Å². The maximum atomic E-state index is 10.3. The highest BCUT2D eigenvalue weighted by molar-refractivity contribution is 5.82. The second kappa shape index (κ2) is 4.88. The van der Waals surface area contributed by atoms with Crippen molar-refractivity contribution in [3.05, 3.63) is 30.0 Å². The SMILES string of the molecule is O=C(O)COc1ccc2c(CCO)coc2c1. The van der Waals surface area contributed by atoms with Gasteiger partial charge in [-0.3, -0.25) is 0 Å². The van der Waals surface area contributed by atoms with Gasteiger partial charge in [-0.15, -0.1) is 0 Å². The molecular weight excluding hydrogens is 224 g/mol. The molecule has 0 fully saturated rings. The largest absolute Gasteiger partial charge is 0.482 e. The number of carboxylic acid groups (broad SMARTS) is 1. The highest BCUT2D eigenvalue weighted by atomic mass is 16.5. The van der Waals surface area contributed by atoms with E-state index in [0.29, 0.717) is 17.8 Å². The Morgan fingerprint density at radius 1 is 1.41 bits per heavy atom. The smallest absolute Gasteiger partial charge is 0.341 e. The number of carbonyl (C=O) groups is 1. The average Bonchev–Trinajstić information content (AvgIpc) is 2.70. The number of aliphatic hydroxyl groups is 1. The topological polar surface area (TPSA) is 79.9 Å². The van der Waals surface area contributed by atoms with Crippen LogP contribution in [0.5, 0.6) is 5.75 Å². The normalized spacial score (nSPS) is 10.6. The molecule has 1 heterocycles. The number of carboxylic acids is 1. The van der Waals surface area contributed by atoms with Crippen molar-refractivity contribution in [1.29, 1.82) is 0 Å². The molecule has 5 heteroatoms. The van der Waals surface area contributed by atoms with E-state index in [2.05, 4.69) is 0 Å². The lowest BCUT2D eigenvalue weighted by molar-refractivity contribution is -0.139. The molecule has 0 saturated heterocycles. The fourth-order valence-corrected chi connectivity index (χ4v) is 1.61. The van der Waals surface area contributed by atoms with E-state index in [1.165, 1.54) is 0 Å². The minimum absolute atomic E-state index is 0.0614. The van der Waals surface area contributed by atoms with Crippen LogP contribution in [0.15, 0.2) is 28.9 Å². The van der Waals surface area contributed by atoms with Gasteiger partial charge < -0.3 is 19.4 Å². The molecule has 0 unspecified atom stereocenters. The minimum Gasteiger partial charge on any atom is -0.482 e. The van der Waals surface area contributed by atoms with Gasteiger partial charge in [0.15, 0.2) is 6.61 Å². The lowest BCUT2D eigenvalue weighted by Crippen LogP contribution is -2.09. The summed E-state index contributed by atoms with van der Waals surface area (Å²) in [6, 6.07) is 5.11. The predicted octanol–water partition coefficient (Wildman–Crippen LogP) is 1.43. The van der Waals surface area contributed by atoms with Crippen LogP contribution in [0.25, 0.3) is 11.0 Å². The number of hydrogen-bond donors (Lipinski definition) is 2. The van der Waals surface area contributed by atoms with Gasteiger partial charge in [-0.2, -0.15) is 0 Å². The average molecular weight is 236 g/mol. The summed E-state index contributed by atoms with van der Waals surface area (Å²) in [5, 5.41) is 18.3. The molecule has 5 nitrogen and oxygen atoms in total. The molecule has 0 aliphatic heterocycles. The highest BCUT2D eigenvalue weighted by Gasteiger charge is 2.07. The van der Waals surface area contributed by atoms with Gasteiger partial charge >= 0.3 is 5.97 Å². The molecule has 0 amide bonds. The number of aliphatic carboxylic acids is 1. The van der Waals surface area contributed by atoms with Crippen LogP contribution in [0.2, 0.25) is 0 Å². The fraction of sp³-hybridized carbons (Fsp3) is 0.250. The zero-order valence-electron chi connectivity index (χ0n) is 9.05. The third-order valence-electron chi connectivity index (χ3n) is 2.37. The molecule has 2 N–H and O–H groups in total. The Labute approximate surface area is 97.2 Å². The molecule has 0 aliphatic carbocycles. The van der Waals surface area contributed by atoms with Gasteiger partial charge in [0, 0.05) is 23.6 Å². The minimum atomic E-state index is -1.02. The number of aliphatic hydroxyl groups excluding tert-OH is 1. The first-order valence-corrected chi connectivity index (χ1v) is 5.16. The summed E-state index contributed by atoms with van der Waals surface area (Å²) in [5.74, 6) is -0.574. The van der Waals surface area contributed by atoms with Gasteiger partial charge in [-0.1, -0.05) is 0 Å². The van der Waals surface area contributed by atoms with Crippen molar-refractivity contribution < 1.29 is 24.2 Å². The van der Waals surface area contributed by atoms with Crippen LogP contribution in [0.4, 0.5) is 0 Å². The Hall–Kier alpha value is -2.01. The van der Waals surface area contributed by atoms with Crippen LogP contribution < -0.4 is 4.74 Å². The van der Waals surface area contributed by atoms with Crippen LogP contribution >= 0.6 is 0 Å². The van der Waals surface area contributed by atoms with Gasteiger partial charge in [0.2, 0.25) is 0 Å². The van der Waals surface area contributed by atoms with Gasteiger partial charge in [-0.25, -0.2) is 4.79 Å². The Kier molecular flexibility index (Phi) is 3.30. The van der Waals surface area contributed by atoms with Crippen molar-refractivity contribution in [2.75, 3.05) is 13.2 Å².